The van der Waals surface area contributed by atoms with Crippen molar-refractivity contribution in [2.45, 2.75) is 53.0 Å². The smallest absolute Gasteiger partial charge is 0.0168 e. The van der Waals surface area contributed by atoms with E-state index in [1.54, 1.807) is 0 Å². The Balaban J connectivity index is 4.13. The fourth-order valence-corrected chi connectivity index (χ4v) is 1.96. The predicted octanol–water partition coefficient (Wildman–Crippen LogP) is 3.11. The Morgan fingerprint density at radius 1 is 1.25 bits per heavy atom. The zero-order chi connectivity index (χ0) is 9.99. The van der Waals surface area contributed by atoms with Gasteiger partial charge < -0.3 is 5.73 Å². The highest BCUT2D eigenvalue weighted by molar-refractivity contribution is 4.99. The predicted molar refractivity (Wildman–Crippen MR) is 56.1 cm³/mol. The van der Waals surface area contributed by atoms with Crippen molar-refractivity contribution in [3.05, 3.63) is 12.2 Å². The van der Waals surface area contributed by atoms with Gasteiger partial charge in [-0.2, -0.15) is 0 Å². The topological polar surface area (TPSA) is 26.0 Å². The molecule has 12 heavy (non-hydrogen) atoms. The van der Waals surface area contributed by atoms with Gasteiger partial charge in [0.05, 0.1) is 0 Å². The van der Waals surface area contributed by atoms with E-state index >= 15 is 0 Å². The largest absolute Gasteiger partial charge is 0.325 e. The fraction of sp³-hybridized carbons (Fsp3) is 0.818. The van der Waals surface area contributed by atoms with Crippen molar-refractivity contribution in [2.24, 2.45) is 11.1 Å². The second-order valence-corrected chi connectivity index (χ2v) is 5.53. The van der Waals surface area contributed by atoms with Gasteiger partial charge in [0.25, 0.3) is 0 Å². The van der Waals surface area contributed by atoms with Crippen LogP contribution in [0.5, 0.6) is 0 Å². The van der Waals surface area contributed by atoms with Gasteiger partial charge in [0.2, 0.25) is 0 Å². The maximum Gasteiger partial charge on any atom is 0.0168 e. The summed E-state index contributed by atoms with van der Waals surface area (Å²) in [6.45, 7) is 14.7. The standard InChI is InChI=1S/C11H23N/c1-9(2)7-11(6,12)8-10(3,4)5/h1,7-8,12H2,2-6H3. The van der Waals surface area contributed by atoms with Crippen molar-refractivity contribution < 1.29 is 0 Å². The van der Waals surface area contributed by atoms with Crippen molar-refractivity contribution in [1.29, 1.82) is 0 Å². The quantitative estimate of drug-likeness (QED) is 0.645. The van der Waals surface area contributed by atoms with Gasteiger partial charge in [0.15, 0.2) is 0 Å². The Hall–Kier alpha value is -0.300. The van der Waals surface area contributed by atoms with Crippen LogP contribution < -0.4 is 5.73 Å². The lowest BCUT2D eigenvalue weighted by Crippen LogP contribution is -2.40. The Kier molecular flexibility index (Phi) is 3.52. The minimum atomic E-state index is -0.0932. The number of hydrogen-bond acceptors (Lipinski definition) is 1. The Morgan fingerprint density at radius 2 is 1.67 bits per heavy atom. The van der Waals surface area contributed by atoms with Crippen LogP contribution in [0.3, 0.4) is 0 Å². The van der Waals surface area contributed by atoms with E-state index in [1.165, 1.54) is 5.57 Å². The molecule has 1 unspecified atom stereocenters. The monoisotopic (exact) mass is 169 g/mol. The van der Waals surface area contributed by atoms with Crippen LogP contribution in [0.2, 0.25) is 0 Å². The number of nitrogens with two attached hydrogens (primary N) is 1. The summed E-state index contributed by atoms with van der Waals surface area (Å²) in [5, 5.41) is 0. The Morgan fingerprint density at radius 3 is 1.92 bits per heavy atom. The van der Waals surface area contributed by atoms with E-state index in [0.29, 0.717) is 5.41 Å². The van der Waals surface area contributed by atoms with E-state index in [4.69, 9.17) is 5.73 Å². The average Bonchev–Trinajstić information content (AvgIpc) is 1.48. The van der Waals surface area contributed by atoms with E-state index in [2.05, 4.69) is 34.3 Å². The van der Waals surface area contributed by atoms with Crippen LogP contribution in [-0.2, 0) is 0 Å². The molecular weight excluding hydrogens is 146 g/mol. The first kappa shape index (κ1) is 11.7. The third-order valence-electron chi connectivity index (χ3n) is 1.64. The molecule has 2 N–H and O–H groups in total. The summed E-state index contributed by atoms with van der Waals surface area (Å²) in [6, 6.07) is 0. The fourth-order valence-electron chi connectivity index (χ4n) is 1.96. The first-order chi connectivity index (χ1) is 5.12. The van der Waals surface area contributed by atoms with Crippen LogP contribution in [0, 0.1) is 5.41 Å². The summed E-state index contributed by atoms with van der Waals surface area (Å²) in [4.78, 5) is 0. The van der Waals surface area contributed by atoms with Crippen molar-refractivity contribution >= 4 is 0 Å². The van der Waals surface area contributed by atoms with E-state index < -0.39 is 0 Å². The van der Waals surface area contributed by atoms with Crippen LogP contribution in [0.15, 0.2) is 12.2 Å². The van der Waals surface area contributed by atoms with Crippen LogP contribution in [-0.4, -0.2) is 5.54 Å². The molecule has 0 aromatic carbocycles. The van der Waals surface area contributed by atoms with Crippen LogP contribution in [0.25, 0.3) is 0 Å². The molecule has 0 aliphatic heterocycles. The molecule has 1 atom stereocenters. The lowest BCUT2D eigenvalue weighted by atomic mass is 9.78. The zero-order valence-corrected chi connectivity index (χ0v) is 9.20. The molecule has 0 saturated heterocycles. The van der Waals surface area contributed by atoms with E-state index in [1.807, 2.05) is 6.92 Å². The van der Waals surface area contributed by atoms with E-state index in [-0.39, 0.29) is 5.54 Å². The molecule has 0 saturated carbocycles. The van der Waals surface area contributed by atoms with Gasteiger partial charge in [-0.05, 0) is 32.1 Å². The second-order valence-electron chi connectivity index (χ2n) is 5.53. The van der Waals surface area contributed by atoms with Gasteiger partial charge >= 0.3 is 0 Å². The van der Waals surface area contributed by atoms with Gasteiger partial charge in [0, 0.05) is 5.54 Å². The van der Waals surface area contributed by atoms with Crippen LogP contribution >= 0.6 is 0 Å². The maximum atomic E-state index is 6.14. The van der Waals surface area contributed by atoms with Gasteiger partial charge in [-0.15, -0.1) is 6.58 Å². The molecule has 0 aromatic heterocycles. The second kappa shape index (κ2) is 3.61. The Labute approximate surface area is 77.0 Å². The highest BCUT2D eigenvalue weighted by Gasteiger charge is 2.25. The molecule has 0 aliphatic rings. The third kappa shape index (κ3) is 6.41. The van der Waals surface area contributed by atoms with Crippen molar-refractivity contribution in [3.8, 4) is 0 Å². The lowest BCUT2D eigenvalue weighted by molar-refractivity contribution is 0.269. The molecule has 0 heterocycles. The molecule has 0 aromatic rings. The first-order valence-corrected chi connectivity index (χ1v) is 4.56. The highest BCUT2D eigenvalue weighted by atomic mass is 14.7. The SMILES string of the molecule is C=C(C)CC(C)(N)CC(C)(C)C. The molecule has 0 bridgehead atoms. The summed E-state index contributed by atoms with van der Waals surface area (Å²) in [5.74, 6) is 0. The van der Waals surface area contributed by atoms with Gasteiger partial charge in [-0.1, -0.05) is 26.3 Å². The van der Waals surface area contributed by atoms with E-state index in [9.17, 15) is 0 Å². The van der Waals surface area contributed by atoms with Gasteiger partial charge in [-0.3, -0.25) is 0 Å². The molecular formula is C11H23N. The van der Waals surface area contributed by atoms with E-state index in [0.717, 1.165) is 12.8 Å². The average molecular weight is 169 g/mol. The maximum absolute atomic E-state index is 6.14. The zero-order valence-electron chi connectivity index (χ0n) is 9.20. The van der Waals surface area contributed by atoms with Crippen LogP contribution in [0.1, 0.15) is 47.5 Å². The third-order valence-corrected chi connectivity index (χ3v) is 1.64. The number of rotatable bonds is 3. The molecule has 0 spiro atoms. The summed E-state index contributed by atoms with van der Waals surface area (Å²) in [5.41, 5.74) is 7.52. The van der Waals surface area contributed by atoms with Crippen molar-refractivity contribution in [3.63, 3.8) is 0 Å². The molecule has 0 fully saturated rings. The van der Waals surface area contributed by atoms with Gasteiger partial charge in [0.1, 0.15) is 0 Å². The van der Waals surface area contributed by atoms with Gasteiger partial charge in [-0.25, -0.2) is 0 Å². The molecule has 0 rings (SSSR count). The normalized spacial score (nSPS) is 17.2. The van der Waals surface area contributed by atoms with Crippen molar-refractivity contribution in [2.75, 3.05) is 0 Å². The van der Waals surface area contributed by atoms with Crippen molar-refractivity contribution in [1.82, 2.24) is 0 Å². The molecule has 72 valence electrons. The number of hydrogen-bond donors (Lipinski definition) is 1. The summed E-state index contributed by atoms with van der Waals surface area (Å²) in [6.07, 6.45) is 1.96. The molecule has 0 radical (unpaired) electrons. The molecule has 0 aliphatic carbocycles. The summed E-state index contributed by atoms with van der Waals surface area (Å²) in [7, 11) is 0. The van der Waals surface area contributed by atoms with Crippen LogP contribution in [0.4, 0.5) is 0 Å². The summed E-state index contributed by atoms with van der Waals surface area (Å²) < 4.78 is 0. The Bertz CT molecular complexity index is 160. The molecule has 0 amide bonds. The highest BCUT2D eigenvalue weighted by Crippen LogP contribution is 2.28. The molecule has 1 nitrogen and oxygen atoms in total. The minimum absolute atomic E-state index is 0.0932. The summed E-state index contributed by atoms with van der Waals surface area (Å²) >= 11 is 0. The minimum Gasteiger partial charge on any atom is -0.325 e. The lowest BCUT2D eigenvalue weighted by Gasteiger charge is -2.32. The first-order valence-electron chi connectivity index (χ1n) is 4.56. The molecule has 1 heteroatoms.